The lowest BCUT2D eigenvalue weighted by atomic mass is 10.0. The summed E-state index contributed by atoms with van der Waals surface area (Å²) in [6.45, 7) is 2.73. The van der Waals surface area contributed by atoms with E-state index in [9.17, 15) is 4.79 Å². The fourth-order valence-corrected chi connectivity index (χ4v) is 2.24. The Morgan fingerprint density at radius 2 is 2.06 bits per heavy atom. The van der Waals surface area contributed by atoms with E-state index in [-0.39, 0.29) is 5.78 Å². The van der Waals surface area contributed by atoms with Crippen LogP contribution in [0.15, 0.2) is 24.3 Å². The number of carbonyl (C=O) groups excluding carboxylic acids is 1. The van der Waals surface area contributed by atoms with Crippen LogP contribution in [-0.4, -0.2) is 23.9 Å². The zero-order chi connectivity index (χ0) is 12.4. The van der Waals surface area contributed by atoms with Crippen LogP contribution in [0.2, 0.25) is 0 Å². The Hall–Kier alpha value is -1.61. The van der Waals surface area contributed by atoms with E-state index in [1.807, 2.05) is 39.2 Å². The van der Waals surface area contributed by atoms with Gasteiger partial charge in [0, 0.05) is 42.2 Å². The van der Waals surface area contributed by atoms with Crippen LogP contribution in [-0.2, 0) is 7.05 Å². The number of hydrogen-bond donors (Lipinski definition) is 1. The number of carbonyl (C=O) groups is 1. The second kappa shape index (κ2) is 4.72. The van der Waals surface area contributed by atoms with Gasteiger partial charge in [-0.05, 0) is 20.0 Å². The van der Waals surface area contributed by atoms with Gasteiger partial charge in [-0.1, -0.05) is 18.2 Å². The number of ketones is 1. The van der Waals surface area contributed by atoms with Gasteiger partial charge < -0.3 is 9.88 Å². The molecule has 1 aromatic carbocycles. The van der Waals surface area contributed by atoms with Gasteiger partial charge in [0.1, 0.15) is 0 Å². The summed E-state index contributed by atoms with van der Waals surface area (Å²) in [5.74, 6) is 0.216. The maximum atomic E-state index is 12.2. The van der Waals surface area contributed by atoms with Crippen molar-refractivity contribution in [1.29, 1.82) is 0 Å². The standard InChI is InChI=1S/C14H18N2O/c1-10-14(13(17)8-9-15-2)11-6-4-5-7-12(11)16(10)3/h4-7,15H,8-9H2,1-3H3. The number of benzene rings is 1. The first-order valence-electron chi connectivity index (χ1n) is 5.88. The van der Waals surface area contributed by atoms with Crippen molar-refractivity contribution in [2.24, 2.45) is 7.05 Å². The molecule has 2 rings (SSSR count). The fraction of sp³-hybridized carbons (Fsp3) is 0.357. The third-order valence-corrected chi connectivity index (χ3v) is 3.28. The Morgan fingerprint density at radius 1 is 1.35 bits per heavy atom. The lowest BCUT2D eigenvalue weighted by molar-refractivity contribution is 0.0984. The summed E-state index contributed by atoms with van der Waals surface area (Å²) in [5, 5.41) is 4.08. The van der Waals surface area contributed by atoms with Crippen LogP contribution in [0.4, 0.5) is 0 Å². The lowest BCUT2D eigenvalue weighted by Crippen LogP contribution is -2.13. The minimum Gasteiger partial charge on any atom is -0.347 e. The summed E-state index contributed by atoms with van der Waals surface area (Å²) in [6.07, 6.45) is 0.547. The largest absolute Gasteiger partial charge is 0.347 e. The minimum atomic E-state index is 0.216. The fourth-order valence-electron chi connectivity index (χ4n) is 2.24. The summed E-state index contributed by atoms with van der Waals surface area (Å²) in [7, 11) is 3.87. The normalized spacial score (nSPS) is 11.0. The zero-order valence-electron chi connectivity index (χ0n) is 10.6. The van der Waals surface area contributed by atoms with Gasteiger partial charge >= 0.3 is 0 Å². The number of hydrogen-bond acceptors (Lipinski definition) is 2. The van der Waals surface area contributed by atoms with E-state index in [0.29, 0.717) is 6.42 Å². The molecule has 0 amide bonds. The molecule has 0 atom stereocenters. The molecule has 1 N–H and O–H groups in total. The van der Waals surface area contributed by atoms with Crippen molar-refractivity contribution in [3.63, 3.8) is 0 Å². The Kier molecular flexibility index (Phi) is 3.29. The molecule has 0 saturated carbocycles. The van der Waals surface area contributed by atoms with E-state index in [0.717, 1.165) is 28.7 Å². The first-order valence-corrected chi connectivity index (χ1v) is 5.88. The summed E-state index contributed by atoms with van der Waals surface area (Å²) in [5.41, 5.74) is 3.04. The molecule has 2 aromatic rings. The number of nitrogens with one attached hydrogen (secondary N) is 1. The number of aryl methyl sites for hydroxylation is 1. The van der Waals surface area contributed by atoms with Crippen molar-refractivity contribution in [3.8, 4) is 0 Å². The first-order chi connectivity index (χ1) is 8.16. The van der Waals surface area contributed by atoms with Gasteiger partial charge in [0.25, 0.3) is 0 Å². The van der Waals surface area contributed by atoms with Crippen LogP contribution < -0.4 is 5.32 Å². The van der Waals surface area contributed by atoms with Crippen LogP contribution in [0.25, 0.3) is 10.9 Å². The average molecular weight is 230 g/mol. The van der Waals surface area contributed by atoms with Crippen LogP contribution in [0, 0.1) is 6.92 Å². The van der Waals surface area contributed by atoms with Gasteiger partial charge in [-0.3, -0.25) is 4.79 Å². The van der Waals surface area contributed by atoms with Gasteiger partial charge in [0.05, 0.1) is 0 Å². The lowest BCUT2D eigenvalue weighted by Gasteiger charge is -2.01. The molecule has 0 unspecified atom stereocenters. The van der Waals surface area contributed by atoms with Crippen molar-refractivity contribution >= 4 is 16.7 Å². The highest BCUT2D eigenvalue weighted by molar-refractivity contribution is 6.09. The molecule has 3 nitrogen and oxygen atoms in total. The van der Waals surface area contributed by atoms with E-state index in [2.05, 4.69) is 16.0 Å². The monoisotopic (exact) mass is 230 g/mol. The van der Waals surface area contributed by atoms with E-state index >= 15 is 0 Å². The molecule has 0 fully saturated rings. The predicted octanol–water partition coefficient (Wildman–Crippen LogP) is 2.28. The number of nitrogens with zero attached hydrogens (tertiary/aromatic N) is 1. The average Bonchev–Trinajstić information content (AvgIpc) is 2.60. The molecular formula is C14H18N2O. The Bertz CT molecular complexity index is 555. The maximum Gasteiger partial charge on any atom is 0.166 e. The third kappa shape index (κ3) is 1.98. The van der Waals surface area contributed by atoms with Crippen molar-refractivity contribution < 1.29 is 4.79 Å². The molecule has 17 heavy (non-hydrogen) atoms. The molecule has 0 bridgehead atoms. The first kappa shape index (κ1) is 11.9. The molecule has 3 heteroatoms. The number of rotatable bonds is 4. The smallest absolute Gasteiger partial charge is 0.166 e. The molecule has 0 aliphatic rings. The van der Waals surface area contributed by atoms with E-state index in [4.69, 9.17) is 0 Å². The minimum absolute atomic E-state index is 0.216. The van der Waals surface area contributed by atoms with Crippen LogP contribution in [0.5, 0.6) is 0 Å². The molecule has 0 saturated heterocycles. The Balaban J connectivity index is 2.53. The highest BCUT2D eigenvalue weighted by atomic mass is 16.1. The second-order valence-electron chi connectivity index (χ2n) is 4.31. The van der Waals surface area contributed by atoms with Crippen LogP contribution in [0.3, 0.4) is 0 Å². The van der Waals surface area contributed by atoms with Gasteiger partial charge in [-0.25, -0.2) is 0 Å². The highest BCUT2D eigenvalue weighted by Crippen LogP contribution is 2.25. The summed E-state index contributed by atoms with van der Waals surface area (Å²) < 4.78 is 2.09. The predicted molar refractivity (Wildman–Crippen MR) is 70.5 cm³/mol. The van der Waals surface area contributed by atoms with E-state index < -0.39 is 0 Å². The summed E-state index contributed by atoms with van der Waals surface area (Å²) in [4.78, 5) is 12.2. The molecule has 0 radical (unpaired) electrons. The SMILES string of the molecule is CNCCC(=O)c1c(C)n(C)c2ccccc12. The zero-order valence-corrected chi connectivity index (χ0v) is 10.6. The number of aromatic nitrogens is 1. The van der Waals surface area contributed by atoms with Gasteiger partial charge in [-0.2, -0.15) is 0 Å². The van der Waals surface area contributed by atoms with Gasteiger partial charge in [-0.15, -0.1) is 0 Å². The van der Waals surface area contributed by atoms with Crippen molar-refractivity contribution in [2.75, 3.05) is 13.6 Å². The molecule has 90 valence electrons. The molecule has 0 spiro atoms. The molecule has 1 heterocycles. The molecule has 1 aromatic heterocycles. The van der Waals surface area contributed by atoms with Gasteiger partial charge in [0.2, 0.25) is 0 Å². The van der Waals surface area contributed by atoms with Crippen LogP contribution in [0.1, 0.15) is 22.5 Å². The molecule has 0 aliphatic heterocycles. The number of Topliss-reactive ketones (excluding diaryl/α,β-unsaturated/α-hetero) is 1. The number of para-hydroxylation sites is 1. The number of fused-ring (bicyclic) bond motifs is 1. The van der Waals surface area contributed by atoms with Crippen molar-refractivity contribution in [1.82, 2.24) is 9.88 Å². The van der Waals surface area contributed by atoms with E-state index in [1.165, 1.54) is 0 Å². The topological polar surface area (TPSA) is 34.0 Å². The Morgan fingerprint density at radius 3 is 2.76 bits per heavy atom. The highest BCUT2D eigenvalue weighted by Gasteiger charge is 2.17. The van der Waals surface area contributed by atoms with Crippen LogP contribution >= 0.6 is 0 Å². The Labute approximate surface area is 101 Å². The maximum absolute atomic E-state index is 12.2. The molecular weight excluding hydrogens is 212 g/mol. The van der Waals surface area contributed by atoms with Gasteiger partial charge in [0.15, 0.2) is 5.78 Å². The van der Waals surface area contributed by atoms with Crippen molar-refractivity contribution in [3.05, 3.63) is 35.5 Å². The second-order valence-corrected chi connectivity index (χ2v) is 4.31. The summed E-state index contributed by atoms with van der Waals surface area (Å²) in [6, 6.07) is 8.06. The van der Waals surface area contributed by atoms with E-state index in [1.54, 1.807) is 0 Å². The quantitative estimate of drug-likeness (QED) is 0.818. The van der Waals surface area contributed by atoms with Crippen molar-refractivity contribution in [2.45, 2.75) is 13.3 Å². The third-order valence-electron chi connectivity index (χ3n) is 3.28. The summed E-state index contributed by atoms with van der Waals surface area (Å²) >= 11 is 0. The molecule has 0 aliphatic carbocycles.